The SMILES string of the molecule is Br.Br.COc1ccc(OC)c(C2(O)CSC3=NCC4(CCN(Cc5ccccc5)CC4)CN32)c1. The van der Waals surface area contributed by atoms with Crippen LogP contribution in [0.15, 0.2) is 53.5 Å². The second kappa shape index (κ2) is 11.2. The van der Waals surface area contributed by atoms with Crippen LogP contribution in [0, 0.1) is 5.41 Å². The Hall–Kier alpha value is -1.26. The van der Waals surface area contributed by atoms with Gasteiger partial charge in [0.1, 0.15) is 11.5 Å². The van der Waals surface area contributed by atoms with Crippen molar-refractivity contribution in [1.29, 1.82) is 0 Å². The average Bonchev–Trinajstić information content (AvgIpc) is 3.17. The predicted octanol–water partition coefficient (Wildman–Crippen LogP) is 4.71. The van der Waals surface area contributed by atoms with Gasteiger partial charge in [0.2, 0.25) is 0 Å². The van der Waals surface area contributed by atoms with E-state index in [0.717, 1.165) is 56.3 Å². The highest BCUT2D eigenvalue weighted by molar-refractivity contribution is 8.93. The van der Waals surface area contributed by atoms with Gasteiger partial charge in [-0.1, -0.05) is 42.1 Å². The molecule has 0 saturated carbocycles. The molecular weight excluding hydrogens is 582 g/mol. The number of rotatable bonds is 5. The summed E-state index contributed by atoms with van der Waals surface area (Å²) in [5.74, 6) is 1.92. The summed E-state index contributed by atoms with van der Waals surface area (Å²) in [5, 5.41) is 12.9. The van der Waals surface area contributed by atoms with Crippen LogP contribution in [0.25, 0.3) is 0 Å². The molecule has 0 aliphatic carbocycles. The minimum Gasteiger partial charge on any atom is -0.497 e. The topological polar surface area (TPSA) is 57.5 Å². The monoisotopic (exact) mass is 613 g/mol. The zero-order valence-corrected chi connectivity index (χ0v) is 23.8. The Kier molecular flexibility index (Phi) is 9.01. The number of aliphatic imine (C=N–C) groups is 1. The van der Waals surface area contributed by atoms with Crippen LogP contribution in [0.3, 0.4) is 0 Å². The number of methoxy groups -OCH3 is 2. The Morgan fingerprint density at radius 3 is 2.44 bits per heavy atom. The summed E-state index contributed by atoms with van der Waals surface area (Å²) in [7, 11) is 3.29. The molecule has 3 aliphatic heterocycles. The molecule has 2 fully saturated rings. The molecule has 3 heterocycles. The number of hydrogen-bond acceptors (Lipinski definition) is 7. The molecule has 3 aliphatic rings. The van der Waals surface area contributed by atoms with E-state index in [9.17, 15) is 5.11 Å². The van der Waals surface area contributed by atoms with Crippen molar-refractivity contribution in [2.24, 2.45) is 10.4 Å². The minimum atomic E-state index is -1.15. The summed E-state index contributed by atoms with van der Waals surface area (Å²) >= 11 is 1.63. The predicted molar refractivity (Wildman–Crippen MR) is 149 cm³/mol. The van der Waals surface area contributed by atoms with Gasteiger partial charge in [0, 0.05) is 25.0 Å². The number of halogens is 2. The molecule has 0 aromatic heterocycles. The van der Waals surface area contributed by atoms with E-state index in [1.807, 2.05) is 18.2 Å². The van der Waals surface area contributed by atoms with E-state index in [1.165, 1.54) is 5.56 Å². The van der Waals surface area contributed by atoms with Crippen LogP contribution in [0.4, 0.5) is 0 Å². The van der Waals surface area contributed by atoms with E-state index in [1.54, 1.807) is 26.0 Å². The molecule has 9 heteroatoms. The van der Waals surface area contributed by atoms with Gasteiger partial charge in [0.15, 0.2) is 10.9 Å². The lowest BCUT2D eigenvalue weighted by Gasteiger charge is -2.48. The van der Waals surface area contributed by atoms with Crippen molar-refractivity contribution in [3.63, 3.8) is 0 Å². The molecule has 186 valence electrons. The number of ether oxygens (including phenoxy) is 2. The van der Waals surface area contributed by atoms with Crippen molar-refractivity contribution >= 4 is 50.9 Å². The lowest BCUT2D eigenvalue weighted by atomic mass is 9.76. The molecule has 0 bridgehead atoms. The first-order valence-electron chi connectivity index (χ1n) is 11.2. The summed E-state index contributed by atoms with van der Waals surface area (Å²) in [6.45, 7) is 4.77. The van der Waals surface area contributed by atoms with E-state index in [-0.39, 0.29) is 39.4 Å². The number of hydrogen-bond donors (Lipinski definition) is 1. The maximum atomic E-state index is 11.9. The van der Waals surface area contributed by atoms with Crippen LogP contribution >= 0.6 is 45.7 Å². The first-order valence-corrected chi connectivity index (χ1v) is 12.2. The highest BCUT2D eigenvalue weighted by Gasteiger charge is 2.52. The lowest BCUT2D eigenvalue weighted by molar-refractivity contribution is -0.0768. The Bertz CT molecular complexity index is 1000. The van der Waals surface area contributed by atoms with E-state index in [4.69, 9.17) is 14.5 Å². The zero-order chi connectivity index (χ0) is 22.2. The fourth-order valence-corrected chi connectivity index (χ4v) is 6.29. The summed E-state index contributed by atoms with van der Waals surface area (Å²) in [6.07, 6.45) is 2.17. The molecule has 2 saturated heterocycles. The van der Waals surface area contributed by atoms with Crippen LogP contribution in [0.1, 0.15) is 24.0 Å². The van der Waals surface area contributed by atoms with Gasteiger partial charge in [-0.25, -0.2) is 0 Å². The van der Waals surface area contributed by atoms with Crippen LogP contribution in [0.2, 0.25) is 0 Å². The highest BCUT2D eigenvalue weighted by Crippen LogP contribution is 2.48. The van der Waals surface area contributed by atoms with Gasteiger partial charge < -0.3 is 19.5 Å². The number of likely N-dealkylation sites (tertiary alicyclic amines) is 1. The molecule has 0 radical (unpaired) electrons. The van der Waals surface area contributed by atoms with Gasteiger partial charge in [0.25, 0.3) is 0 Å². The van der Waals surface area contributed by atoms with Crippen LogP contribution in [-0.2, 0) is 12.3 Å². The second-order valence-electron chi connectivity index (χ2n) is 9.12. The van der Waals surface area contributed by atoms with Crippen LogP contribution in [-0.4, -0.2) is 66.2 Å². The van der Waals surface area contributed by atoms with Crippen molar-refractivity contribution in [3.8, 4) is 11.5 Å². The third kappa shape index (κ3) is 5.14. The average molecular weight is 615 g/mol. The molecule has 1 atom stereocenters. The third-order valence-electron chi connectivity index (χ3n) is 7.13. The van der Waals surface area contributed by atoms with Crippen LogP contribution < -0.4 is 9.47 Å². The van der Waals surface area contributed by atoms with E-state index in [0.29, 0.717) is 17.3 Å². The molecule has 2 aromatic carbocycles. The van der Waals surface area contributed by atoms with Crippen molar-refractivity contribution in [1.82, 2.24) is 9.80 Å². The normalized spacial score (nSPS) is 23.4. The smallest absolute Gasteiger partial charge is 0.179 e. The molecule has 34 heavy (non-hydrogen) atoms. The van der Waals surface area contributed by atoms with Gasteiger partial charge in [-0.05, 0) is 49.7 Å². The number of benzene rings is 2. The molecule has 6 nitrogen and oxygen atoms in total. The number of amidine groups is 1. The summed E-state index contributed by atoms with van der Waals surface area (Å²) in [6, 6.07) is 16.3. The Morgan fingerprint density at radius 2 is 1.76 bits per heavy atom. The lowest BCUT2D eigenvalue weighted by Crippen LogP contribution is -2.56. The van der Waals surface area contributed by atoms with E-state index in [2.05, 4.69) is 40.1 Å². The van der Waals surface area contributed by atoms with E-state index >= 15 is 0 Å². The van der Waals surface area contributed by atoms with Crippen LogP contribution in [0.5, 0.6) is 11.5 Å². The van der Waals surface area contributed by atoms with Crippen molar-refractivity contribution in [3.05, 3.63) is 59.7 Å². The fourth-order valence-electron chi connectivity index (χ4n) is 5.12. The molecule has 1 spiro atoms. The Morgan fingerprint density at radius 1 is 1.03 bits per heavy atom. The summed E-state index contributed by atoms with van der Waals surface area (Å²) in [4.78, 5) is 9.61. The number of nitrogens with zero attached hydrogens (tertiary/aromatic N) is 3. The minimum absolute atomic E-state index is 0. The van der Waals surface area contributed by atoms with Crippen molar-refractivity contribution in [2.45, 2.75) is 25.1 Å². The van der Waals surface area contributed by atoms with Gasteiger partial charge in [0.05, 0.1) is 25.5 Å². The molecule has 2 aromatic rings. The Balaban J connectivity index is 0.00000162. The summed E-state index contributed by atoms with van der Waals surface area (Å²) in [5.41, 5.74) is 1.05. The highest BCUT2D eigenvalue weighted by atomic mass is 79.9. The van der Waals surface area contributed by atoms with Gasteiger partial charge in [-0.3, -0.25) is 9.89 Å². The largest absolute Gasteiger partial charge is 0.497 e. The molecule has 1 N–H and O–H groups in total. The first-order chi connectivity index (χ1) is 15.5. The third-order valence-corrected chi connectivity index (χ3v) is 8.28. The maximum absolute atomic E-state index is 11.9. The van der Waals surface area contributed by atoms with Gasteiger partial charge in [-0.15, -0.1) is 34.0 Å². The first kappa shape index (κ1) is 27.3. The quantitative estimate of drug-likeness (QED) is 0.527. The number of aliphatic hydroxyl groups is 1. The second-order valence-corrected chi connectivity index (χ2v) is 10.1. The number of thioether (sulfide) groups is 1. The molecule has 5 rings (SSSR count). The van der Waals surface area contributed by atoms with Gasteiger partial charge in [-0.2, -0.15) is 0 Å². The molecule has 0 amide bonds. The maximum Gasteiger partial charge on any atom is 0.179 e. The zero-order valence-electron chi connectivity index (χ0n) is 19.6. The Labute approximate surface area is 227 Å². The fraction of sp³-hybridized carbons (Fsp3) is 0.480. The van der Waals surface area contributed by atoms with E-state index < -0.39 is 5.72 Å². The molecular formula is C25H33Br2N3O3S. The molecule has 1 unspecified atom stereocenters. The number of fused-ring (bicyclic) bond motifs is 1. The standard InChI is InChI=1S/C25H31N3O3S.2BrH/c1-30-20-8-9-22(31-2)21(14-20)25(29)18-32-23-26-16-24(17-28(23)25)10-12-27(13-11-24)15-19-6-4-3-5-7-19;;/h3-9,14,29H,10-13,15-18H2,1-2H3;2*1H. The van der Waals surface area contributed by atoms with Crippen molar-refractivity contribution in [2.75, 3.05) is 46.2 Å². The van der Waals surface area contributed by atoms with Crippen molar-refractivity contribution < 1.29 is 14.6 Å². The van der Waals surface area contributed by atoms with Gasteiger partial charge >= 0.3 is 0 Å². The number of piperidine rings is 1. The summed E-state index contributed by atoms with van der Waals surface area (Å²) < 4.78 is 11.0.